The fourth-order valence-corrected chi connectivity index (χ4v) is 5.34. The van der Waals surface area contributed by atoms with Crippen LogP contribution in [-0.4, -0.2) is 47.0 Å². The molecular weight excluding hydrogens is 492 g/mol. The molecule has 1 heterocycles. The number of anilines is 3. The quantitative estimate of drug-likeness (QED) is 0.254. The summed E-state index contributed by atoms with van der Waals surface area (Å²) >= 11 is 0. The number of ether oxygens (including phenoxy) is 1. The van der Waals surface area contributed by atoms with Crippen molar-refractivity contribution >= 4 is 23.0 Å². The minimum absolute atomic E-state index is 0.0432. The monoisotopic (exact) mass is 538 g/mol. The maximum absolute atomic E-state index is 13.8. The molecule has 0 spiro atoms. The summed E-state index contributed by atoms with van der Waals surface area (Å²) < 4.78 is 5.90. The normalized spacial score (nSPS) is 15.6. The van der Waals surface area contributed by atoms with Gasteiger partial charge in [-0.3, -0.25) is 4.79 Å². The van der Waals surface area contributed by atoms with Gasteiger partial charge < -0.3 is 29.9 Å². The van der Waals surface area contributed by atoms with Crippen molar-refractivity contribution in [1.29, 1.82) is 0 Å². The Bertz CT molecular complexity index is 1200. The van der Waals surface area contributed by atoms with Gasteiger partial charge in [0.15, 0.2) is 0 Å². The van der Waals surface area contributed by atoms with Gasteiger partial charge in [0.1, 0.15) is 22.9 Å². The Morgan fingerprint density at radius 2 is 1.64 bits per heavy atom. The molecule has 1 aliphatic rings. The van der Waals surface area contributed by atoms with Gasteiger partial charge in [-0.05, 0) is 70.4 Å². The number of hydrogen-bond acceptors (Lipinski definition) is 6. The second-order valence-electron chi connectivity index (χ2n) is 12.1. The Labute approximate surface area is 233 Å². The summed E-state index contributed by atoms with van der Waals surface area (Å²) in [6.45, 7) is 13.6. The molecule has 3 rings (SSSR count). The van der Waals surface area contributed by atoms with Crippen LogP contribution in [0.1, 0.15) is 90.4 Å². The van der Waals surface area contributed by atoms with Crippen molar-refractivity contribution < 1.29 is 24.9 Å². The van der Waals surface area contributed by atoms with E-state index >= 15 is 0 Å². The zero-order valence-electron chi connectivity index (χ0n) is 24.7. The molecule has 3 N–H and O–H groups in total. The van der Waals surface area contributed by atoms with E-state index in [-0.39, 0.29) is 35.3 Å². The molecule has 2 aromatic carbocycles. The molecule has 0 bridgehead atoms. The molecular formula is C32H46N2O5. The third kappa shape index (κ3) is 7.27. The molecule has 0 fully saturated rings. The molecule has 0 aliphatic carbocycles. The number of benzene rings is 2. The molecule has 0 radical (unpaired) electrons. The number of carbonyl (C=O) groups is 1. The SMILES string of the molecule is CCN1c2c(O)cccc2C(=O)N(C/C=C(\C)CCCC(C)(CCCC(C)(C)C)OC)c2cc(O)cc(O)c21. The highest BCUT2D eigenvalue weighted by Gasteiger charge is 2.34. The molecule has 0 saturated heterocycles. The molecule has 39 heavy (non-hydrogen) atoms. The van der Waals surface area contributed by atoms with Crippen molar-refractivity contribution in [2.24, 2.45) is 5.41 Å². The Hall–Kier alpha value is -3.19. The lowest BCUT2D eigenvalue weighted by Gasteiger charge is -2.30. The van der Waals surface area contributed by atoms with Crippen molar-refractivity contribution in [3.8, 4) is 17.2 Å². The Kier molecular flexibility index (Phi) is 9.60. The fourth-order valence-electron chi connectivity index (χ4n) is 5.34. The topological polar surface area (TPSA) is 93.5 Å². The van der Waals surface area contributed by atoms with E-state index in [0.717, 1.165) is 44.1 Å². The van der Waals surface area contributed by atoms with Gasteiger partial charge in [-0.25, -0.2) is 0 Å². The maximum Gasteiger partial charge on any atom is 0.260 e. The van der Waals surface area contributed by atoms with Crippen LogP contribution in [0.4, 0.5) is 17.1 Å². The van der Waals surface area contributed by atoms with Crippen LogP contribution in [0, 0.1) is 5.41 Å². The molecule has 1 amide bonds. The number of carbonyl (C=O) groups excluding carboxylic acids is 1. The standard InChI is InChI=1S/C32H46N2O5/c1-8-33-28-24(13-9-14-26(28)36)30(38)34(25-20-23(35)21-27(37)29(25)33)19-15-22(2)12-10-17-32(6,39-7)18-11-16-31(3,4)5/h9,13-15,20-21,35-37H,8,10-12,16-19H2,1-7H3/b22-15+. The number of amides is 1. The number of para-hydroxylation sites is 1. The van der Waals surface area contributed by atoms with Crippen molar-refractivity contribution in [3.05, 3.63) is 47.5 Å². The van der Waals surface area contributed by atoms with Crippen LogP contribution in [0.5, 0.6) is 17.2 Å². The van der Waals surface area contributed by atoms with Gasteiger partial charge in [-0.1, -0.05) is 44.9 Å². The Balaban J connectivity index is 1.81. The molecule has 1 unspecified atom stereocenters. The van der Waals surface area contributed by atoms with Crippen molar-refractivity contribution in [2.75, 3.05) is 30.0 Å². The third-order valence-corrected chi connectivity index (χ3v) is 7.72. The number of hydrogen-bond donors (Lipinski definition) is 3. The fraction of sp³-hybridized carbons (Fsp3) is 0.531. The molecule has 7 nitrogen and oxygen atoms in total. The van der Waals surface area contributed by atoms with E-state index < -0.39 is 0 Å². The lowest BCUT2D eigenvalue weighted by Crippen LogP contribution is -2.30. The molecule has 2 aromatic rings. The number of fused-ring (bicyclic) bond motifs is 2. The van der Waals surface area contributed by atoms with Gasteiger partial charge in [-0.15, -0.1) is 0 Å². The highest BCUT2D eigenvalue weighted by atomic mass is 16.5. The first kappa shape index (κ1) is 30.4. The van der Waals surface area contributed by atoms with Gasteiger partial charge in [0.25, 0.3) is 5.91 Å². The van der Waals surface area contributed by atoms with Crippen LogP contribution in [0.3, 0.4) is 0 Å². The van der Waals surface area contributed by atoms with E-state index in [0.29, 0.717) is 34.6 Å². The van der Waals surface area contributed by atoms with E-state index in [1.165, 1.54) is 18.2 Å². The van der Waals surface area contributed by atoms with Crippen molar-refractivity contribution in [2.45, 2.75) is 85.7 Å². The van der Waals surface area contributed by atoms with Crippen LogP contribution < -0.4 is 9.80 Å². The van der Waals surface area contributed by atoms with Gasteiger partial charge in [-0.2, -0.15) is 0 Å². The van der Waals surface area contributed by atoms with E-state index in [4.69, 9.17) is 4.74 Å². The van der Waals surface area contributed by atoms with Crippen LogP contribution >= 0.6 is 0 Å². The van der Waals surface area contributed by atoms with Crippen LogP contribution in [-0.2, 0) is 4.74 Å². The van der Waals surface area contributed by atoms with Crippen LogP contribution in [0.2, 0.25) is 0 Å². The van der Waals surface area contributed by atoms with Gasteiger partial charge in [0.2, 0.25) is 0 Å². The summed E-state index contributed by atoms with van der Waals surface area (Å²) in [5.41, 5.74) is 2.76. The zero-order valence-corrected chi connectivity index (χ0v) is 24.7. The summed E-state index contributed by atoms with van der Waals surface area (Å²) in [6.07, 6.45) is 8.13. The third-order valence-electron chi connectivity index (χ3n) is 7.72. The summed E-state index contributed by atoms with van der Waals surface area (Å²) in [5, 5.41) is 31.8. The van der Waals surface area contributed by atoms with Crippen LogP contribution in [0.25, 0.3) is 0 Å². The second-order valence-corrected chi connectivity index (χ2v) is 12.1. The Morgan fingerprint density at radius 3 is 2.28 bits per heavy atom. The predicted octanol–water partition coefficient (Wildman–Crippen LogP) is 7.66. The van der Waals surface area contributed by atoms with Gasteiger partial charge in [0, 0.05) is 32.3 Å². The number of rotatable bonds is 11. The highest BCUT2D eigenvalue weighted by Crippen LogP contribution is 2.49. The first-order chi connectivity index (χ1) is 18.3. The van der Waals surface area contributed by atoms with E-state index in [9.17, 15) is 20.1 Å². The maximum atomic E-state index is 13.8. The minimum atomic E-state index is -0.307. The highest BCUT2D eigenvalue weighted by molar-refractivity contribution is 6.15. The number of nitrogens with zero attached hydrogens (tertiary/aromatic N) is 2. The first-order valence-corrected chi connectivity index (χ1v) is 14.0. The molecule has 214 valence electrons. The molecule has 7 heteroatoms. The first-order valence-electron chi connectivity index (χ1n) is 14.0. The summed E-state index contributed by atoms with van der Waals surface area (Å²) in [4.78, 5) is 17.1. The largest absolute Gasteiger partial charge is 0.508 e. The lowest BCUT2D eigenvalue weighted by molar-refractivity contribution is -0.0129. The van der Waals surface area contributed by atoms with E-state index in [1.54, 1.807) is 29.0 Å². The second kappa shape index (κ2) is 12.3. The molecule has 0 saturated carbocycles. The average Bonchev–Trinajstić information content (AvgIpc) is 2.95. The smallest absolute Gasteiger partial charge is 0.260 e. The number of allylic oxidation sites excluding steroid dienone is 1. The average molecular weight is 539 g/mol. The summed E-state index contributed by atoms with van der Waals surface area (Å²) in [7, 11) is 1.79. The summed E-state index contributed by atoms with van der Waals surface area (Å²) in [6, 6.07) is 7.59. The Morgan fingerprint density at radius 1 is 0.949 bits per heavy atom. The number of phenolic OH excluding ortho intramolecular Hbond substituents is 3. The van der Waals surface area contributed by atoms with Crippen molar-refractivity contribution in [3.63, 3.8) is 0 Å². The molecule has 0 aromatic heterocycles. The van der Waals surface area contributed by atoms with Crippen molar-refractivity contribution in [1.82, 2.24) is 0 Å². The minimum Gasteiger partial charge on any atom is -0.508 e. The number of phenols is 3. The number of aromatic hydroxyl groups is 3. The molecule has 1 atom stereocenters. The van der Waals surface area contributed by atoms with Gasteiger partial charge in [0.05, 0.1) is 22.5 Å². The van der Waals surface area contributed by atoms with E-state index in [1.807, 2.05) is 13.0 Å². The van der Waals surface area contributed by atoms with E-state index in [2.05, 4.69) is 34.6 Å². The summed E-state index contributed by atoms with van der Waals surface area (Å²) in [5.74, 6) is -0.649. The lowest BCUT2D eigenvalue weighted by atomic mass is 9.85. The zero-order chi connectivity index (χ0) is 29.0. The molecule has 1 aliphatic heterocycles. The predicted molar refractivity (Wildman–Crippen MR) is 159 cm³/mol. The number of methoxy groups -OCH3 is 1. The van der Waals surface area contributed by atoms with Crippen LogP contribution in [0.15, 0.2) is 42.0 Å². The van der Waals surface area contributed by atoms with Gasteiger partial charge >= 0.3 is 0 Å².